The predicted octanol–water partition coefficient (Wildman–Crippen LogP) is 3.35. The summed E-state index contributed by atoms with van der Waals surface area (Å²) < 4.78 is 14.1. The SMILES string of the molecule is [2H]C(C(=O)OCC)=P(c1ccccc1)(c1ccccc1)c1ccccc1. The molecule has 0 amide bonds. The maximum Gasteiger partial charge on any atom is 0.331 e. The van der Waals surface area contributed by atoms with Crippen molar-refractivity contribution < 1.29 is 10.9 Å². The van der Waals surface area contributed by atoms with Crippen LogP contribution >= 0.6 is 6.89 Å². The van der Waals surface area contributed by atoms with Gasteiger partial charge in [-0.25, -0.2) is 4.79 Å². The van der Waals surface area contributed by atoms with Crippen molar-refractivity contribution in [1.29, 1.82) is 0 Å². The van der Waals surface area contributed by atoms with Gasteiger partial charge in [-0.15, -0.1) is 0 Å². The molecule has 0 aliphatic heterocycles. The van der Waals surface area contributed by atoms with Crippen molar-refractivity contribution in [3.63, 3.8) is 0 Å². The van der Waals surface area contributed by atoms with Gasteiger partial charge in [-0.3, -0.25) is 0 Å². The minimum absolute atomic E-state index is 0.0166. The van der Waals surface area contributed by atoms with Crippen molar-refractivity contribution in [1.82, 2.24) is 0 Å². The normalized spacial score (nSPS) is 11.5. The van der Waals surface area contributed by atoms with Crippen LogP contribution in [0.2, 0.25) is 0 Å². The van der Waals surface area contributed by atoms with Gasteiger partial charge in [-0.1, -0.05) is 91.0 Å². The number of carbonyl (C=O) groups excluding carboxylic acids is 1. The van der Waals surface area contributed by atoms with E-state index in [1.165, 1.54) is 0 Å². The number of carbonyl (C=O) groups is 1. The second-order valence-corrected chi connectivity index (χ2v) is 8.62. The molecule has 2 nitrogen and oxygen atoms in total. The number of rotatable bonds is 5. The molecule has 0 fully saturated rings. The van der Waals surface area contributed by atoms with E-state index in [0.717, 1.165) is 15.9 Å². The summed E-state index contributed by atoms with van der Waals surface area (Å²) in [6.45, 7) is -0.609. The number of ether oxygens (including phenoxy) is 1. The second-order valence-electron chi connectivity index (χ2n) is 5.51. The molecule has 0 bridgehead atoms. The molecule has 0 saturated heterocycles. The van der Waals surface area contributed by atoms with Crippen LogP contribution in [0.3, 0.4) is 0 Å². The average molecular weight is 349 g/mol. The van der Waals surface area contributed by atoms with Gasteiger partial charge in [0.25, 0.3) is 0 Å². The Morgan fingerprint density at radius 2 is 1.20 bits per heavy atom. The first-order valence-electron chi connectivity index (χ1n) is 8.78. The van der Waals surface area contributed by atoms with E-state index in [-0.39, 0.29) is 12.4 Å². The van der Waals surface area contributed by atoms with Crippen LogP contribution in [0.25, 0.3) is 0 Å². The van der Waals surface area contributed by atoms with E-state index in [2.05, 4.69) is 0 Å². The summed E-state index contributed by atoms with van der Waals surface area (Å²) in [4.78, 5) is 12.7. The third-order valence-electron chi connectivity index (χ3n) is 3.96. The first-order valence-corrected chi connectivity index (χ1v) is 10.1. The lowest BCUT2D eigenvalue weighted by Crippen LogP contribution is -2.29. The Bertz CT molecular complexity index is 819. The van der Waals surface area contributed by atoms with Crippen molar-refractivity contribution in [2.75, 3.05) is 6.61 Å². The molecule has 3 aromatic carbocycles. The zero-order valence-corrected chi connectivity index (χ0v) is 15.0. The summed E-state index contributed by atoms with van der Waals surface area (Å²) in [5, 5.41) is 2.90. The Morgan fingerprint density at radius 3 is 1.52 bits per heavy atom. The number of hydrogen-bond acceptors (Lipinski definition) is 2. The molecule has 0 heterocycles. The fourth-order valence-corrected chi connectivity index (χ4v) is 6.37. The largest absolute Gasteiger partial charge is 0.463 e. The van der Waals surface area contributed by atoms with Crippen LogP contribution in [0.4, 0.5) is 0 Å². The monoisotopic (exact) mass is 349 g/mol. The molecule has 0 aliphatic carbocycles. The maximum atomic E-state index is 12.7. The highest BCUT2D eigenvalue weighted by Gasteiger charge is 2.26. The molecule has 0 aliphatic rings. The lowest BCUT2D eigenvalue weighted by atomic mass is 10.4. The van der Waals surface area contributed by atoms with Crippen molar-refractivity contribution in [3.05, 3.63) is 91.0 Å². The molecule has 3 aromatic rings. The van der Waals surface area contributed by atoms with Crippen LogP contribution in [0.5, 0.6) is 0 Å². The van der Waals surface area contributed by atoms with E-state index < -0.39 is 12.9 Å². The highest BCUT2D eigenvalue weighted by Crippen LogP contribution is 2.43. The van der Waals surface area contributed by atoms with E-state index in [1.807, 2.05) is 91.0 Å². The third-order valence-corrected chi connectivity index (χ3v) is 7.70. The molecule has 25 heavy (non-hydrogen) atoms. The summed E-state index contributed by atoms with van der Waals surface area (Å²) in [6, 6.07) is 29.6. The Morgan fingerprint density at radius 1 is 0.840 bits per heavy atom. The lowest BCUT2D eigenvalue weighted by molar-refractivity contribution is -0.134. The van der Waals surface area contributed by atoms with E-state index in [9.17, 15) is 4.79 Å². The van der Waals surface area contributed by atoms with Crippen LogP contribution < -0.4 is 15.9 Å². The topological polar surface area (TPSA) is 26.3 Å². The van der Waals surface area contributed by atoms with Gasteiger partial charge in [0, 0.05) is 5.77 Å². The maximum absolute atomic E-state index is 12.7. The molecule has 0 atom stereocenters. The van der Waals surface area contributed by atoms with E-state index in [1.54, 1.807) is 6.92 Å². The quantitative estimate of drug-likeness (QED) is 0.522. The molecule has 3 heteroatoms. The summed E-state index contributed by atoms with van der Waals surface area (Å²) in [5.74, 6) is -0.541. The predicted molar refractivity (Wildman–Crippen MR) is 108 cm³/mol. The molecule has 0 saturated carbocycles. The highest BCUT2D eigenvalue weighted by atomic mass is 31.2. The summed E-state index contributed by atoms with van der Waals surface area (Å²) in [6.07, 6.45) is 0. The molecule has 126 valence electrons. The van der Waals surface area contributed by atoms with Gasteiger partial charge in [0.1, 0.15) is 0 Å². The Hall–Kier alpha value is -2.57. The fraction of sp³-hybridized carbons (Fsp3) is 0.0909. The Balaban J connectivity index is 2.48. The lowest BCUT2D eigenvalue weighted by Gasteiger charge is -2.28. The first-order chi connectivity index (χ1) is 12.7. The molecule has 3 rings (SSSR count). The van der Waals surface area contributed by atoms with E-state index >= 15 is 0 Å². The van der Waals surface area contributed by atoms with Gasteiger partial charge in [0.05, 0.1) is 7.98 Å². The molecule has 0 unspecified atom stereocenters. The Labute approximate surface area is 150 Å². The third kappa shape index (κ3) is 3.60. The van der Waals surface area contributed by atoms with Gasteiger partial charge < -0.3 is 4.74 Å². The minimum atomic E-state index is -2.62. The Kier molecular flexibility index (Phi) is 5.10. The molecular formula is C22H21O2P. The minimum Gasteiger partial charge on any atom is -0.463 e. The van der Waals surface area contributed by atoms with Crippen LogP contribution in [-0.2, 0) is 9.53 Å². The van der Waals surface area contributed by atoms with E-state index in [4.69, 9.17) is 6.11 Å². The fourth-order valence-electron chi connectivity index (χ4n) is 2.90. The van der Waals surface area contributed by atoms with Crippen molar-refractivity contribution in [2.24, 2.45) is 0 Å². The number of benzene rings is 3. The average Bonchev–Trinajstić information content (AvgIpc) is 2.71. The first kappa shape index (κ1) is 15.9. The summed E-state index contributed by atoms with van der Waals surface area (Å²) >= 11 is 0. The number of hydrogen-bond donors (Lipinski definition) is 0. The number of esters is 1. The van der Waals surface area contributed by atoms with Crippen molar-refractivity contribution >= 4 is 34.5 Å². The van der Waals surface area contributed by atoms with Crippen molar-refractivity contribution in [3.8, 4) is 0 Å². The molecule has 0 N–H and O–H groups in total. The molecular weight excluding hydrogens is 327 g/mol. The molecule has 0 aromatic heterocycles. The second kappa shape index (κ2) is 8.00. The standard InChI is InChI=1S/C22H21O2P/c1-2-24-22(23)18-25(19-12-6-3-7-13-19,20-14-8-4-9-15-20)21-16-10-5-11-17-21/h3-18H,2H2,1H3/i18D. The van der Waals surface area contributed by atoms with Gasteiger partial charge in [0.15, 0.2) is 0 Å². The van der Waals surface area contributed by atoms with E-state index in [0.29, 0.717) is 0 Å². The van der Waals surface area contributed by atoms with Gasteiger partial charge in [0.2, 0.25) is 0 Å². The van der Waals surface area contributed by atoms with Gasteiger partial charge in [-0.05, 0) is 29.7 Å². The summed E-state index contributed by atoms with van der Waals surface area (Å²) in [5.41, 5.74) is 0. The summed E-state index contributed by atoms with van der Waals surface area (Å²) in [7, 11) is 0. The van der Waals surface area contributed by atoms with Crippen LogP contribution in [-0.4, -0.2) is 18.3 Å². The van der Waals surface area contributed by atoms with Crippen LogP contribution in [0, 0.1) is 0 Å². The van der Waals surface area contributed by atoms with Crippen molar-refractivity contribution in [2.45, 2.75) is 6.92 Å². The highest BCUT2D eigenvalue weighted by molar-refractivity contribution is 7.95. The van der Waals surface area contributed by atoms with Crippen LogP contribution in [0.15, 0.2) is 91.0 Å². The zero-order valence-electron chi connectivity index (χ0n) is 15.1. The smallest absolute Gasteiger partial charge is 0.331 e. The van der Waals surface area contributed by atoms with Crippen LogP contribution in [0.1, 0.15) is 8.29 Å². The van der Waals surface area contributed by atoms with Gasteiger partial charge >= 0.3 is 5.97 Å². The molecule has 0 spiro atoms. The van der Waals surface area contributed by atoms with Gasteiger partial charge in [-0.2, -0.15) is 0 Å². The molecule has 0 radical (unpaired) electrons. The zero-order chi connectivity index (χ0) is 18.4.